The van der Waals surface area contributed by atoms with Gasteiger partial charge in [0.05, 0.1) is 19.6 Å². The first-order chi connectivity index (χ1) is 5.91. The predicted molar refractivity (Wildman–Crippen MR) is 43.6 cm³/mol. The summed E-state index contributed by atoms with van der Waals surface area (Å²) in [7, 11) is 0. The van der Waals surface area contributed by atoms with Crippen LogP contribution in [0.15, 0.2) is 0 Å². The zero-order chi connectivity index (χ0) is 10.5. The Morgan fingerprint density at radius 3 is 2.00 bits per heavy atom. The van der Waals surface area contributed by atoms with Crippen molar-refractivity contribution in [2.75, 3.05) is 19.6 Å². The minimum absolute atomic E-state index is 0.208. The topological polar surface area (TPSA) is 24.7 Å². The normalized spacial score (nSPS) is 15.0. The van der Waals surface area contributed by atoms with Crippen LogP contribution in [0.25, 0.3) is 0 Å². The molecule has 5 heteroatoms. The third-order valence-corrected chi connectivity index (χ3v) is 2.15. The zero-order valence-electron chi connectivity index (χ0n) is 7.99. The van der Waals surface area contributed by atoms with E-state index in [9.17, 15) is 13.2 Å². The molecule has 0 amide bonds. The molecule has 0 saturated carbocycles. The second-order valence-corrected chi connectivity index (χ2v) is 3.05. The Labute approximate surface area is 76.3 Å². The van der Waals surface area contributed by atoms with Crippen molar-refractivity contribution < 1.29 is 23.2 Å². The second-order valence-electron chi connectivity index (χ2n) is 3.05. The smallest absolute Gasteiger partial charge is 0.383 e. The molecule has 0 fully saturated rings. The summed E-state index contributed by atoms with van der Waals surface area (Å²) in [6.45, 7) is 5.79. The molecule has 13 heavy (non-hydrogen) atoms. The minimum atomic E-state index is -4.47. The lowest BCUT2D eigenvalue weighted by molar-refractivity contribution is -0.897. The molecule has 0 radical (unpaired) electrons. The van der Waals surface area contributed by atoms with Gasteiger partial charge in [-0.2, -0.15) is 13.2 Å². The lowest BCUT2D eigenvalue weighted by Gasteiger charge is -2.19. The third-order valence-electron chi connectivity index (χ3n) is 2.15. The highest BCUT2D eigenvalue weighted by atomic mass is 19.4. The SMILES string of the molecule is CC[NH+](CC)CC[C@H](O)C(F)(F)F. The van der Waals surface area contributed by atoms with E-state index in [1.54, 1.807) is 0 Å². The van der Waals surface area contributed by atoms with Gasteiger partial charge in [0, 0.05) is 6.42 Å². The highest BCUT2D eigenvalue weighted by Gasteiger charge is 2.38. The van der Waals surface area contributed by atoms with Crippen LogP contribution >= 0.6 is 0 Å². The number of alkyl halides is 3. The molecular weight excluding hydrogens is 183 g/mol. The van der Waals surface area contributed by atoms with Crippen molar-refractivity contribution in [1.82, 2.24) is 0 Å². The molecule has 0 unspecified atom stereocenters. The molecule has 0 aromatic rings. The molecular formula is C8H17F3NO+. The lowest BCUT2D eigenvalue weighted by atomic mass is 10.2. The average molecular weight is 200 g/mol. The monoisotopic (exact) mass is 200 g/mol. The molecule has 1 atom stereocenters. The Balaban J connectivity index is 3.75. The molecule has 0 saturated heterocycles. The summed E-state index contributed by atoms with van der Waals surface area (Å²) in [4.78, 5) is 1.07. The van der Waals surface area contributed by atoms with Crippen LogP contribution < -0.4 is 4.90 Å². The van der Waals surface area contributed by atoms with E-state index in [1.165, 1.54) is 0 Å². The van der Waals surface area contributed by atoms with Gasteiger partial charge in [-0.3, -0.25) is 0 Å². The molecule has 0 aliphatic carbocycles. The summed E-state index contributed by atoms with van der Waals surface area (Å²) < 4.78 is 35.5. The van der Waals surface area contributed by atoms with Crippen LogP contribution in [0, 0.1) is 0 Å². The van der Waals surface area contributed by atoms with Crippen LogP contribution in [0.4, 0.5) is 13.2 Å². The first-order valence-corrected chi connectivity index (χ1v) is 4.50. The van der Waals surface area contributed by atoms with E-state index >= 15 is 0 Å². The van der Waals surface area contributed by atoms with E-state index < -0.39 is 12.3 Å². The molecule has 0 bridgehead atoms. The number of hydrogen-bond donors (Lipinski definition) is 2. The van der Waals surface area contributed by atoms with E-state index in [1.807, 2.05) is 13.8 Å². The predicted octanol–water partition coefficient (Wildman–Crippen LogP) is 0.224. The average Bonchev–Trinajstić information content (AvgIpc) is 2.04. The maximum Gasteiger partial charge on any atom is 0.414 e. The highest BCUT2D eigenvalue weighted by molar-refractivity contribution is 4.63. The lowest BCUT2D eigenvalue weighted by Crippen LogP contribution is -3.11. The quantitative estimate of drug-likeness (QED) is 0.652. The molecule has 0 rings (SSSR count). The molecule has 0 aliphatic heterocycles. The van der Waals surface area contributed by atoms with Gasteiger partial charge >= 0.3 is 6.18 Å². The van der Waals surface area contributed by atoms with Crippen molar-refractivity contribution in [2.45, 2.75) is 32.5 Å². The van der Waals surface area contributed by atoms with E-state index in [-0.39, 0.29) is 6.42 Å². The number of aliphatic hydroxyl groups is 1. The van der Waals surface area contributed by atoms with Crippen LogP contribution in [-0.4, -0.2) is 37.0 Å². The highest BCUT2D eigenvalue weighted by Crippen LogP contribution is 2.21. The fourth-order valence-electron chi connectivity index (χ4n) is 1.11. The number of hydrogen-bond acceptors (Lipinski definition) is 1. The van der Waals surface area contributed by atoms with E-state index in [2.05, 4.69) is 0 Å². The Kier molecular flexibility index (Phi) is 5.32. The zero-order valence-corrected chi connectivity index (χ0v) is 7.99. The van der Waals surface area contributed by atoms with E-state index in [0.717, 1.165) is 18.0 Å². The fourth-order valence-corrected chi connectivity index (χ4v) is 1.11. The second kappa shape index (κ2) is 5.44. The summed E-state index contributed by atoms with van der Waals surface area (Å²) in [6, 6.07) is 0. The minimum Gasteiger partial charge on any atom is -0.383 e. The summed E-state index contributed by atoms with van der Waals surface area (Å²) in [6.07, 6.45) is -6.84. The summed E-state index contributed by atoms with van der Waals surface area (Å²) >= 11 is 0. The molecule has 2 nitrogen and oxygen atoms in total. The Bertz CT molecular complexity index is 134. The Morgan fingerprint density at radius 2 is 1.69 bits per heavy atom. The van der Waals surface area contributed by atoms with Crippen molar-refractivity contribution in [3.05, 3.63) is 0 Å². The molecule has 0 aromatic carbocycles. The molecule has 0 aromatic heterocycles. The van der Waals surface area contributed by atoms with Crippen LogP contribution in [0.1, 0.15) is 20.3 Å². The van der Waals surface area contributed by atoms with E-state index in [4.69, 9.17) is 5.11 Å². The van der Waals surface area contributed by atoms with Gasteiger partial charge in [0.25, 0.3) is 0 Å². The molecule has 0 heterocycles. The Morgan fingerprint density at radius 1 is 1.23 bits per heavy atom. The number of halogens is 3. The Hall–Kier alpha value is -0.290. The van der Waals surface area contributed by atoms with Crippen molar-refractivity contribution >= 4 is 0 Å². The largest absolute Gasteiger partial charge is 0.414 e. The van der Waals surface area contributed by atoms with Crippen LogP contribution in [-0.2, 0) is 0 Å². The van der Waals surface area contributed by atoms with Gasteiger partial charge in [-0.25, -0.2) is 0 Å². The number of nitrogens with one attached hydrogen (secondary N) is 1. The van der Waals surface area contributed by atoms with Crippen molar-refractivity contribution in [3.63, 3.8) is 0 Å². The van der Waals surface area contributed by atoms with E-state index in [0.29, 0.717) is 6.54 Å². The van der Waals surface area contributed by atoms with Gasteiger partial charge < -0.3 is 10.0 Å². The number of aliphatic hydroxyl groups excluding tert-OH is 1. The van der Waals surface area contributed by atoms with Crippen molar-refractivity contribution in [1.29, 1.82) is 0 Å². The summed E-state index contributed by atoms with van der Waals surface area (Å²) in [5.41, 5.74) is 0. The summed E-state index contributed by atoms with van der Waals surface area (Å²) in [5.74, 6) is 0. The van der Waals surface area contributed by atoms with Crippen molar-refractivity contribution in [3.8, 4) is 0 Å². The maximum absolute atomic E-state index is 11.8. The maximum atomic E-state index is 11.8. The fraction of sp³-hybridized carbons (Fsp3) is 1.00. The standard InChI is InChI=1S/C8H16F3NO/c1-3-12(4-2)6-5-7(13)8(9,10)11/h7,13H,3-6H2,1-2H3/p+1/t7-/m0/s1. The van der Waals surface area contributed by atoms with Gasteiger partial charge in [0.2, 0.25) is 0 Å². The van der Waals surface area contributed by atoms with Crippen LogP contribution in [0.3, 0.4) is 0 Å². The first kappa shape index (κ1) is 12.7. The van der Waals surface area contributed by atoms with Crippen molar-refractivity contribution in [2.24, 2.45) is 0 Å². The van der Waals surface area contributed by atoms with Gasteiger partial charge in [-0.1, -0.05) is 0 Å². The van der Waals surface area contributed by atoms with Gasteiger partial charge in [-0.15, -0.1) is 0 Å². The van der Waals surface area contributed by atoms with Gasteiger partial charge in [0.15, 0.2) is 6.10 Å². The molecule has 0 aliphatic rings. The molecule has 0 spiro atoms. The first-order valence-electron chi connectivity index (χ1n) is 4.50. The summed E-state index contributed by atoms with van der Waals surface area (Å²) in [5, 5.41) is 8.69. The van der Waals surface area contributed by atoms with Crippen LogP contribution in [0.2, 0.25) is 0 Å². The molecule has 2 N–H and O–H groups in total. The molecule has 80 valence electrons. The third kappa shape index (κ3) is 5.10. The number of quaternary nitrogens is 1. The van der Waals surface area contributed by atoms with Gasteiger partial charge in [-0.05, 0) is 13.8 Å². The van der Waals surface area contributed by atoms with Crippen LogP contribution in [0.5, 0.6) is 0 Å². The van der Waals surface area contributed by atoms with Gasteiger partial charge in [0.1, 0.15) is 0 Å². The number of rotatable bonds is 5.